The lowest BCUT2D eigenvalue weighted by Gasteiger charge is -2.25. The molecule has 0 heterocycles. The molecule has 5 nitrogen and oxygen atoms in total. The molecule has 0 aromatic heterocycles. The zero-order valence-corrected chi connectivity index (χ0v) is 13.6. The van der Waals surface area contributed by atoms with E-state index in [1.54, 1.807) is 22.6 Å². The molecule has 1 fully saturated rings. The molecule has 1 aliphatic carbocycles. The van der Waals surface area contributed by atoms with Gasteiger partial charge in [0.05, 0.1) is 8.49 Å². The second kappa shape index (κ2) is 6.21. The maximum Gasteiger partial charge on any atom is 0.293 e. The van der Waals surface area contributed by atoms with E-state index in [1.807, 2.05) is 7.05 Å². The minimum Gasteiger partial charge on any atom is -0.378 e. The lowest BCUT2D eigenvalue weighted by Crippen LogP contribution is -2.36. The van der Waals surface area contributed by atoms with Crippen molar-refractivity contribution in [2.75, 3.05) is 18.9 Å². The number of nitro groups is 1. The molecule has 0 saturated heterocycles. The van der Waals surface area contributed by atoms with Crippen LogP contribution >= 0.6 is 22.6 Å². The van der Waals surface area contributed by atoms with Crippen LogP contribution in [-0.2, 0) is 0 Å². The first-order chi connectivity index (χ1) is 9.40. The number of nitrogens with zero attached hydrogens (tertiary/aromatic N) is 2. The summed E-state index contributed by atoms with van der Waals surface area (Å²) in [5.41, 5.74) is 0.154. The number of hydrogen-bond donors (Lipinski definition) is 1. The number of likely N-dealkylation sites (N-methyl/N-ethyl adjacent to an activating group) is 1. The second-order valence-corrected chi connectivity index (χ2v) is 6.33. The summed E-state index contributed by atoms with van der Waals surface area (Å²) in [6.07, 6.45) is 2.41. The van der Waals surface area contributed by atoms with Crippen molar-refractivity contribution < 1.29 is 9.31 Å². The molecule has 1 N–H and O–H groups in total. The molecular formula is C13H17FIN3O2. The van der Waals surface area contributed by atoms with Gasteiger partial charge in [0.15, 0.2) is 0 Å². The van der Waals surface area contributed by atoms with Crippen LogP contribution in [0, 0.1) is 19.5 Å². The van der Waals surface area contributed by atoms with Crippen LogP contribution in [0.4, 0.5) is 15.8 Å². The molecule has 1 aromatic carbocycles. The summed E-state index contributed by atoms with van der Waals surface area (Å²) in [6, 6.07) is 3.32. The zero-order chi connectivity index (χ0) is 14.9. The van der Waals surface area contributed by atoms with Crippen molar-refractivity contribution >= 4 is 34.0 Å². The lowest BCUT2D eigenvalue weighted by molar-refractivity contribution is -0.384. The zero-order valence-electron chi connectivity index (χ0n) is 11.4. The van der Waals surface area contributed by atoms with Gasteiger partial charge in [-0.3, -0.25) is 15.0 Å². The normalized spacial score (nSPS) is 16.2. The average Bonchev–Trinajstić information content (AvgIpc) is 3.22. The van der Waals surface area contributed by atoms with Gasteiger partial charge in [-0.15, -0.1) is 0 Å². The van der Waals surface area contributed by atoms with Crippen LogP contribution in [-0.4, -0.2) is 35.5 Å². The van der Waals surface area contributed by atoms with Gasteiger partial charge < -0.3 is 5.32 Å². The maximum absolute atomic E-state index is 13.6. The maximum atomic E-state index is 13.6. The summed E-state index contributed by atoms with van der Waals surface area (Å²) in [7, 11) is 2.05. The predicted molar refractivity (Wildman–Crippen MR) is 84.5 cm³/mol. The van der Waals surface area contributed by atoms with Crippen molar-refractivity contribution in [3.8, 4) is 0 Å². The van der Waals surface area contributed by atoms with Crippen molar-refractivity contribution in [2.24, 2.45) is 0 Å². The molecule has 1 atom stereocenters. The van der Waals surface area contributed by atoms with E-state index >= 15 is 0 Å². The monoisotopic (exact) mass is 393 g/mol. The molecule has 2 rings (SSSR count). The molecule has 20 heavy (non-hydrogen) atoms. The fourth-order valence-corrected chi connectivity index (χ4v) is 2.52. The Morgan fingerprint density at radius 3 is 2.80 bits per heavy atom. The third-order valence-electron chi connectivity index (χ3n) is 3.64. The van der Waals surface area contributed by atoms with E-state index in [0.29, 0.717) is 12.6 Å². The SMILES string of the molecule is CC(CNc1cc(F)c(I)cc1[N+](=O)[O-])N(C)C1CC1. The standard InChI is InChI=1S/C13H17FIN3O2/c1-8(17(2)9-3-4-9)7-16-12-5-10(14)11(15)6-13(12)18(19)20/h5-6,8-9,16H,3-4,7H2,1-2H3. The minimum absolute atomic E-state index is 0.0860. The van der Waals surface area contributed by atoms with E-state index in [1.165, 1.54) is 25.0 Å². The minimum atomic E-state index is -0.487. The van der Waals surface area contributed by atoms with E-state index in [4.69, 9.17) is 0 Å². The fraction of sp³-hybridized carbons (Fsp3) is 0.538. The van der Waals surface area contributed by atoms with Crippen LogP contribution < -0.4 is 5.32 Å². The van der Waals surface area contributed by atoms with Crippen LogP contribution in [0.3, 0.4) is 0 Å². The van der Waals surface area contributed by atoms with Gasteiger partial charge in [-0.05, 0) is 49.4 Å². The number of rotatable bonds is 6. The van der Waals surface area contributed by atoms with E-state index in [-0.39, 0.29) is 21.0 Å². The third-order valence-corrected chi connectivity index (χ3v) is 4.47. The molecule has 0 bridgehead atoms. The third kappa shape index (κ3) is 3.57. The first-order valence-electron chi connectivity index (χ1n) is 6.49. The van der Waals surface area contributed by atoms with Crippen molar-refractivity contribution in [3.63, 3.8) is 0 Å². The van der Waals surface area contributed by atoms with Gasteiger partial charge in [0.25, 0.3) is 5.69 Å². The highest BCUT2D eigenvalue weighted by atomic mass is 127. The Morgan fingerprint density at radius 2 is 2.25 bits per heavy atom. The summed E-state index contributed by atoms with van der Waals surface area (Å²) in [6.45, 7) is 2.61. The van der Waals surface area contributed by atoms with E-state index in [2.05, 4.69) is 17.1 Å². The number of anilines is 1. The van der Waals surface area contributed by atoms with Crippen LogP contribution in [0.15, 0.2) is 12.1 Å². The molecule has 7 heteroatoms. The summed E-state index contributed by atoms with van der Waals surface area (Å²) in [4.78, 5) is 12.8. The molecule has 0 aliphatic heterocycles. The quantitative estimate of drug-likeness (QED) is 0.458. The molecule has 1 aliphatic rings. The number of benzene rings is 1. The van der Waals surface area contributed by atoms with Crippen LogP contribution in [0.2, 0.25) is 0 Å². The van der Waals surface area contributed by atoms with Crippen molar-refractivity contribution in [2.45, 2.75) is 31.8 Å². The molecule has 0 amide bonds. The van der Waals surface area contributed by atoms with Gasteiger partial charge in [0.2, 0.25) is 0 Å². The van der Waals surface area contributed by atoms with E-state index < -0.39 is 10.7 Å². The summed E-state index contributed by atoms with van der Waals surface area (Å²) in [5, 5.41) is 14.0. The molecule has 110 valence electrons. The number of halogens is 2. The van der Waals surface area contributed by atoms with Gasteiger partial charge >= 0.3 is 0 Å². The topological polar surface area (TPSA) is 58.4 Å². The highest BCUT2D eigenvalue weighted by Crippen LogP contribution is 2.30. The Kier molecular flexibility index (Phi) is 4.79. The molecule has 1 saturated carbocycles. The Bertz CT molecular complexity index is 523. The average molecular weight is 393 g/mol. The van der Waals surface area contributed by atoms with Crippen molar-refractivity contribution in [1.29, 1.82) is 0 Å². The highest BCUT2D eigenvalue weighted by Gasteiger charge is 2.29. The summed E-state index contributed by atoms with van der Waals surface area (Å²) < 4.78 is 13.8. The molecule has 1 aromatic rings. The number of hydrogen-bond acceptors (Lipinski definition) is 4. The van der Waals surface area contributed by atoms with Crippen LogP contribution in [0.25, 0.3) is 0 Å². The van der Waals surface area contributed by atoms with E-state index in [0.717, 1.165) is 0 Å². The first kappa shape index (κ1) is 15.4. The number of nitrogens with one attached hydrogen (secondary N) is 1. The smallest absolute Gasteiger partial charge is 0.293 e. The Balaban J connectivity index is 2.07. The molecule has 0 spiro atoms. The number of nitro benzene ring substituents is 1. The van der Waals surface area contributed by atoms with E-state index in [9.17, 15) is 14.5 Å². The van der Waals surface area contributed by atoms with Gasteiger partial charge in [0.1, 0.15) is 11.5 Å². The van der Waals surface area contributed by atoms with Gasteiger partial charge in [-0.25, -0.2) is 4.39 Å². The van der Waals surface area contributed by atoms with Crippen LogP contribution in [0.1, 0.15) is 19.8 Å². The van der Waals surface area contributed by atoms with Crippen LogP contribution in [0.5, 0.6) is 0 Å². The first-order valence-corrected chi connectivity index (χ1v) is 7.57. The second-order valence-electron chi connectivity index (χ2n) is 5.17. The predicted octanol–water partition coefficient (Wildman–Crippen LogP) is 3.23. The Labute approximate surface area is 130 Å². The Hall–Kier alpha value is -0.960. The van der Waals surface area contributed by atoms with Gasteiger partial charge in [0, 0.05) is 30.8 Å². The van der Waals surface area contributed by atoms with Crippen molar-refractivity contribution in [3.05, 3.63) is 31.6 Å². The van der Waals surface area contributed by atoms with Gasteiger partial charge in [-0.2, -0.15) is 0 Å². The highest BCUT2D eigenvalue weighted by molar-refractivity contribution is 14.1. The largest absolute Gasteiger partial charge is 0.378 e. The fourth-order valence-electron chi connectivity index (χ4n) is 2.07. The van der Waals surface area contributed by atoms with Gasteiger partial charge in [-0.1, -0.05) is 0 Å². The summed E-state index contributed by atoms with van der Waals surface area (Å²) >= 11 is 1.75. The lowest BCUT2D eigenvalue weighted by atomic mass is 10.2. The molecule has 1 unspecified atom stereocenters. The summed E-state index contributed by atoms with van der Waals surface area (Å²) in [5.74, 6) is -0.443. The molecular weight excluding hydrogens is 376 g/mol. The Morgan fingerprint density at radius 1 is 1.60 bits per heavy atom. The van der Waals surface area contributed by atoms with Crippen molar-refractivity contribution in [1.82, 2.24) is 4.90 Å². The molecule has 0 radical (unpaired) electrons.